The Bertz CT molecular complexity index is 502. The average Bonchev–Trinajstić information content (AvgIpc) is 2.37. The first-order valence-corrected chi connectivity index (χ1v) is 7.07. The van der Waals surface area contributed by atoms with Crippen LogP contribution in [0.4, 0.5) is 4.39 Å². The fourth-order valence-corrected chi connectivity index (χ4v) is 2.21. The van der Waals surface area contributed by atoms with Crippen molar-refractivity contribution in [2.75, 3.05) is 0 Å². The van der Waals surface area contributed by atoms with Gasteiger partial charge in [0.05, 0.1) is 0 Å². The van der Waals surface area contributed by atoms with Gasteiger partial charge < -0.3 is 10.4 Å². The largest absolute Gasteiger partial charge is 0.480 e. The molecule has 0 saturated heterocycles. The van der Waals surface area contributed by atoms with Crippen LogP contribution in [-0.4, -0.2) is 23.0 Å². The maximum absolute atomic E-state index is 13.6. The molecule has 1 amide bonds. The van der Waals surface area contributed by atoms with Gasteiger partial charge in [0.1, 0.15) is 11.9 Å². The normalized spacial score (nSPS) is 13.8. The van der Waals surface area contributed by atoms with Gasteiger partial charge in [-0.1, -0.05) is 39.0 Å². The van der Waals surface area contributed by atoms with Crippen LogP contribution in [0.15, 0.2) is 24.3 Å². The molecule has 0 aromatic heterocycles. The lowest BCUT2D eigenvalue weighted by Crippen LogP contribution is -2.42. The van der Waals surface area contributed by atoms with Gasteiger partial charge >= 0.3 is 5.97 Å². The maximum Gasteiger partial charge on any atom is 0.326 e. The molecule has 0 spiro atoms. The lowest BCUT2D eigenvalue weighted by atomic mass is 9.96. The summed E-state index contributed by atoms with van der Waals surface area (Å²) in [4.78, 5) is 23.0. The summed E-state index contributed by atoms with van der Waals surface area (Å²) in [6, 6.07) is 5.39. The highest BCUT2D eigenvalue weighted by Gasteiger charge is 2.22. The first-order chi connectivity index (χ1) is 9.81. The summed E-state index contributed by atoms with van der Waals surface area (Å²) >= 11 is 0. The van der Waals surface area contributed by atoms with Crippen LogP contribution in [0, 0.1) is 11.7 Å². The van der Waals surface area contributed by atoms with Crippen LogP contribution in [0.25, 0.3) is 0 Å². The topological polar surface area (TPSA) is 66.4 Å². The molecule has 116 valence electrons. The zero-order chi connectivity index (χ0) is 16.0. The van der Waals surface area contributed by atoms with Gasteiger partial charge in [-0.3, -0.25) is 4.79 Å². The van der Waals surface area contributed by atoms with Crippen molar-refractivity contribution in [1.29, 1.82) is 0 Å². The number of hydrogen-bond donors (Lipinski definition) is 2. The molecule has 1 aromatic carbocycles. The van der Waals surface area contributed by atoms with E-state index >= 15 is 0 Å². The van der Waals surface area contributed by atoms with E-state index in [0.29, 0.717) is 12.0 Å². The highest BCUT2D eigenvalue weighted by Crippen LogP contribution is 2.21. The molecule has 0 saturated carbocycles. The monoisotopic (exact) mass is 295 g/mol. The molecule has 2 unspecified atom stereocenters. The standard InChI is InChI=1S/C16H22FNO3/c1-10(2)8-14(16(20)21)18-15(19)9-11(3)12-6-4-5-7-13(12)17/h4-7,10-11,14H,8-9H2,1-3H3,(H,18,19)(H,20,21). The maximum atomic E-state index is 13.6. The van der Waals surface area contributed by atoms with Crippen molar-refractivity contribution in [3.05, 3.63) is 35.6 Å². The number of benzene rings is 1. The second kappa shape index (κ2) is 7.76. The van der Waals surface area contributed by atoms with Crippen molar-refractivity contribution in [2.45, 2.75) is 45.6 Å². The molecule has 1 aromatic rings. The van der Waals surface area contributed by atoms with E-state index in [1.807, 2.05) is 13.8 Å². The Morgan fingerprint density at radius 2 is 1.86 bits per heavy atom. The van der Waals surface area contributed by atoms with Crippen molar-refractivity contribution in [3.8, 4) is 0 Å². The number of carbonyl (C=O) groups excluding carboxylic acids is 1. The number of hydrogen-bond acceptors (Lipinski definition) is 2. The third-order valence-corrected chi connectivity index (χ3v) is 3.27. The van der Waals surface area contributed by atoms with Gasteiger partial charge in [0.2, 0.25) is 5.91 Å². The summed E-state index contributed by atoms with van der Waals surface area (Å²) in [5, 5.41) is 11.6. The first-order valence-electron chi connectivity index (χ1n) is 7.07. The Balaban J connectivity index is 2.64. The molecule has 0 aliphatic carbocycles. The van der Waals surface area contributed by atoms with Crippen molar-refractivity contribution < 1.29 is 19.1 Å². The first kappa shape index (κ1) is 17.1. The number of carboxylic acid groups (broad SMARTS) is 1. The van der Waals surface area contributed by atoms with E-state index in [4.69, 9.17) is 5.11 Å². The van der Waals surface area contributed by atoms with Crippen LogP contribution in [0.2, 0.25) is 0 Å². The molecule has 0 bridgehead atoms. The van der Waals surface area contributed by atoms with E-state index in [-0.39, 0.29) is 30.0 Å². The van der Waals surface area contributed by atoms with E-state index in [1.54, 1.807) is 25.1 Å². The van der Waals surface area contributed by atoms with Crippen molar-refractivity contribution in [2.24, 2.45) is 5.92 Å². The van der Waals surface area contributed by atoms with E-state index in [0.717, 1.165) is 0 Å². The summed E-state index contributed by atoms with van der Waals surface area (Å²) in [6.07, 6.45) is 0.429. The lowest BCUT2D eigenvalue weighted by molar-refractivity contribution is -0.142. The SMILES string of the molecule is CC(C)CC(NC(=O)CC(C)c1ccccc1F)C(=O)O. The summed E-state index contributed by atoms with van der Waals surface area (Å²) in [6.45, 7) is 5.53. The number of amides is 1. The van der Waals surface area contributed by atoms with Crippen LogP contribution in [0.1, 0.15) is 45.1 Å². The molecule has 21 heavy (non-hydrogen) atoms. The number of carboxylic acids is 1. The second-order valence-corrected chi connectivity index (χ2v) is 5.71. The van der Waals surface area contributed by atoms with Crippen LogP contribution < -0.4 is 5.32 Å². The minimum Gasteiger partial charge on any atom is -0.480 e. The summed E-state index contributed by atoms with van der Waals surface area (Å²) < 4.78 is 13.6. The molecule has 1 rings (SSSR count). The van der Waals surface area contributed by atoms with E-state index in [1.165, 1.54) is 6.07 Å². The van der Waals surface area contributed by atoms with Crippen LogP contribution in [0.5, 0.6) is 0 Å². The number of halogens is 1. The van der Waals surface area contributed by atoms with Gasteiger partial charge in [0.15, 0.2) is 0 Å². The Kier molecular flexibility index (Phi) is 6.34. The molecule has 0 aliphatic heterocycles. The Labute approximate surface area is 124 Å². The molecule has 2 N–H and O–H groups in total. The van der Waals surface area contributed by atoms with Gasteiger partial charge in [-0.2, -0.15) is 0 Å². The van der Waals surface area contributed by atoms with Crippen LogP contribution in [-0.2, 0) is 9.59 Å². The zero-order valence-electron chi connectivity index (χ0n) is 12.6. The van der Waals surface area contributed by atoms with Crippen LogP contribution >= 0.6 is 0 Å². The summed E-state index contributed by atoms with van der Waals surface area (Å²) in [7, 11) is 0. The number of carbonyl (C=O) groups is 2. The molecule has 2 atom stereocenters. The smallest absolute Gasteiger partial charge is 0.326 e. The predicted molar refractivity (Wildman–Crippen MR) is 78.5 cm³/mol. The van der Waals surface area contributed by atoms with Crippen LogP contribution in [0.3, 0.4) is 0 Å². The van der Waals surface area contributed by atoms with E-state index < -0.39 is 12.0 Å². The molecular formula is C16H22FNO3. The number of rotatable bonds is 7. The molecule has 4 nitrogen and oxygen atoms in total. The molecule has 0 heterocycles. The molecule has 0 fully saturated rings. The number of aliphatic carboxylic acids is 1. The minimum atomic E-state index is -1.05. The third-order valence-electron chi connectivity index (χ3n) is 3.27. The summed E-state index contributed by atoms with van der Waals surface area (Å²) in [5.74, 6) is -1.92. The quantitative estimate of drug-likeness (QED) is 0.812. The highest BCUT2D eigenvalue weighted by molar-refractivity contribution is 5.83. The Morgan fingerprint density at radius 3 is 2.38 bits per heavy atom. The fraction of sp³-hybridized carbons (Fsp3) is 0.500. The molecule has 0 aliphatic rings. The van der Waals surface area contributed by atoms with Gasteiger partial charge in [-0.25, -0.2) is 9.18 Å². The molecule has 0 radical (unpaired) electrons. The summed E-state index contributed by atoms with van der Waals surface area (Å²) in [5.41, 5.74) is 0.461. The second-order valence-electron chi connectivity index (χ2n) is 5.71. The van der Waals surface area contributed by atoms with Gasteiger partial charge in [-0.15, -0.1) is 0 Å². The Hall–Kier alpha value is -1.91. The van der Waals surface area contributed by atoms with Crippen molar-refractivity contribution in [3.63, 3.8) is 0 Å². The average molecular weight is 295 g/mol. The zero-order valence-corrected chi connectivity index (χ0v) is 12.6. The minimum absolute atomic E-state index is 0.0583. The highest BCUT2D eigenvalue weighted by atomic mass is 19.1. The fourth-order valence-electron chi connectivity index (χ4n) is 2.21. The van der Waals surface area contributed by atoms with Gasteiger partial charge in [0, 0.05) is 6.42 Å². The van der Waals surface area contributed by atoms with Gasteiger partial charge in [0.25, 0.3) is 0 Å². The van der Waals surface area contributed by atoms with E-state index in [2.05, 4.69) is 5.32 Å². The van der Waals surface area contributed by atoms with E-state index in [9.17, 15) is 14.0 Å². The molecular weight excluding hydrogens is 273 g/mol. The molecule has 5 heteroatoms. The Morgan fingerprint density at radius 1 is 1.24 bits per heavy atom. The predicted octanol–water partition coefficient (Wildman–Crippen LogP) is 2.93. The van der Waals surface area contributed by atoms with Crippen molar-refractivity contribution in [1.82, 2.24) is 5.32 Å². The lowest BCUT2D eigenvalue weighted by Gasteiger charge is -2.18. The van der Waals surface area contributed by atoms with Gasteiger partial charge in [-0.05, 0) is 29.9 Å². The van der Waals surface area contributed by atoms with Crippen molar-refractivity contribution >= 4 is 11.9 Å². The number of nitrogens with one attached hydrogen (secondary N) is 1. The third kappa shape index (κ3) is 5.53.